The predicted octanol–water partition coefficient (Wildman–Crippen LogP) is 1.81. The van der Waals surface area contributed by atoms with Crippen LogP contribution in [-0.4, -0.2) is 18.2 Å². The van der Waals surface area contributed by atoms with Crippen molar-refractivity contribution >= 4 is 11.9 Å². The second-order valence-electron chi connectivity index (χ2n) is 3.73. The summed E-state index contributed by atoms with van der Waals surface area (Å²) in [5.41, 5.74) is 0.417. The first kappa shape index (κ1) is 13.0. The maximum Gasteiger partial charge on any atom is 0.336 e. The van der Waals surface area contributed by atoms with Gasteiger partial charge in [-0.1, -0.05) is 13.2 Å². The quantitative estimate of drug-likeness (QED) is 0.415. The van der Waals surface area contributed by atoms with Gasteiger partial charge in [0, 0.05) is 11.1 Å². The van der Waals surface area contributed by atoms with Crippen LogP contribution in [0, 0.1) is 0 Å². The van der Waals surface area contributed by atoms with Crippen LogP contribution in [0.5, 0.6) is 0 Å². The highest BCUT2D eigenvalue weighted by atomic mass is 16.7. The van der Waals surface area contributed by atoms with Gasteiger partial charge in [-0.2, -0.15) is 0 Å². The zero-order chi connectivity index (χ0) is 13.2. The first-order chi connectivity index (χ1) is 7.82. The summed E-state index contributed by atoms with van der Waals surface area (Å²) < 4.78 is 14.8. The van der Waals surface area contributed by atoms with Crippen LogP contribution in [0.15, 0.2) is 35.8 Å². The van der Waals surface area contributed by atoms with Gasteiger partial charge in [0.2, 0.25) is 5.76 Å². The molecule has 0 N–H and O–H groups in total. The fraction of sp³-hybridized carbons (Fsp3) is 0.333. The van der Waals surface area contributed by atoms with E-state index in [1.54, 1.807) is 6.92 Å². The molecule has 0 aliphatic carbocycles. The first-order valence-corrected chi connectivity index (χ1v) is 4.94. The van der Waals surface area contributed by atoms with Gasteiger partial charge >= 0.3 is 18.2 Å². The third kappa shape index (κ3) is 3.48. The Morgan fingerprint density at radius 2 is 1.47 bits per heavy atom. The predicted molar refractivity (Wildman–Crippen MR) is 59.4 cm³/mol. The highest BCUT2D eigenvalue weighted by molar-refractivity contribution is 5.88. The summed E-state index contributed by atoms with van der Waals surface area (Å²) in [7, 11) is 0. The molecular formula is C12H14O5. The minimum Gasteiger partial charge on any atom is -0.451 e. The molecule has 0 aromatic heterocycles. The summed E-state index contributed by atoms with van der Waals surface area (Å²) >= 11 is 0. The van der Waals surface area contributed by atoms with Crippen molar-refractivity contribution in [3.63, 3.8) is 0 Å². The monoisotopic (exact) mass is 238 g/mol. The second-order valence-corrected chi connectivity index (χ2v) is 3.73. The number of hydrogen-bond donors (Lipinski definition) is 0. The highest BCUT2D eigenvalue weighted by Gasteiger charge is 2.36. The van der Waals surface area contributed by atoms with Crippen LogP contribution in [0.4, 0.5) is 0 Å². The summed E-state index contributed by atoms with van der Waals surface area (Å²) in [5, 5.41) is 0. The number of allylic oxidation sites excluding steroid dienone is 1. The molecule has 1 aliphatic rings. The maximum atomic E-state index is 11.3. The molecule has 0 spiro atoms. The summed E-state index contributed by atoms with van der Waals surface area (Å²) in [6.45, 7) is 11.5. The van der Waals surface area contributed by atoms with Crippen molar-refractivity contribution in [2.45, 2.75) is 27.1 Å². The summed E-state index contributed by atoms with van der Waals surface area (Å²) in [6, 6.07) is 0. The number of carbonyl (C=O) groups is 2. The van der Waals surface area contributed by atoms with Gasteiger partial charge in [0.25, 0.3) is 0 Å². The van der Waals surface area contributed by atoms with E-state index < -0.39 is 18.2 Å². The number of hydrogen-bond acceptors (Lipinski definition) is 5. The fourth-order valence-electron chi connectivity index (χ4n) is 0.880. The Morgan fingerprint density at radius 1 is 1.12 bits per heavy atom. The van der Waals surface area contributed by atoms with Crippen molar-refractivity contribution in [2.24, 2.45) is 0 Å². The topological polar surface area (TPSA) is 65.1 Å². The molecule has 0 aromatic carbocycles. The van der Waals surface area contributed by atoms with Crippen LogP contribution in [-0.2, 0) is 23.8 Å². The average Bonchev–Trinajstić information content (AvgIpc) is 2.93. The zero-order valence-corrected chi connectivity index (χ0v) is 10.0. The van der Waals surface area contributed by atoms with Gasteiger partial charge in [0.15, 0.2) is 0 Å². The molecule has 0 atom stereocenters. The standard InChI is InChI=1S/C12H14O5/c1-6(2)10(13)16-12(9-8(5)15-9)17-11(14)7(3)4/h12H,1,3H2,2,4-5H3. The SMILES string of the molecule is C=C(C)C(=O)OC(OC(=O)C(=C)C)C1=C(C)O1. The van der Waals surface area contributed by atoms with Gasteiger partial charge in [-0.05, 0) is 20.8 Å². The maximum absolute atomic E-state index is 11.3. The Labute approximate surface area is 99.3 Å². The normalized spacial score (nSPS) is 12.9. The number of carbonyl (C=O) groups excluding carboxylic acids is 2. The Hall–Kier alpha value is -2.04. The lowest BCUT2D eigenvalue weighted by Gasteiger charge is -2.14. The third-order valence-electron chi connectivity index (χ3n) is 1.91. The average molecular weight is 238 g/mol. The van der Waals surface area contributed by atoms with Crippen molar-refractivity contribution in [1.29, 1.82) is 0 Å². The lowest BCUT2D eigenvalue weighted by atomic mass is 10.3. The molecule has 0 unspecified atom stereocenters. The van der Waals surface area contributed by atoms with E-state index in [4.69, 9.17) is 14.2 Å². The lowest BCUT2D eigenvalue weighted by molar-refractivity contribution is -0.177. The van der Waals surface area contributed by atoms with E-state index in [-0.39, 0.29) is 11.1 Å². The van der Waals surface area contributed by atoms with E-state index >= 15 is 0 Å². The van der Waals surface area contributed by atoms with Crippen LogP contribution in [0.1, 0.15) is 20.8 Å². The fourth-order valence-corrected chi connectivity index (χ4v) is 0.880. The Bertz CT molecular complexity index is 402. The molecule has 92 valence electrons. The summed E-state index contributed by atoms with van der Waals surface area (Å²) in [6.07, 6.45) is -1.16. The molecular weight excluding hydrogens is 224 g/mol. The van der Waals surface area contributed by atoms with E-state index in [1.807, 2.05) is 0 Å². The third-order valence-corrected chi connectivity index (χ3v) is 1.91. The molecule has 0 radical (unpaired) electrons. The summed E-state index contributed by atoms with van der Waals surface area (Å²) in [4.78, 5) is 22.7. The van der Waals surface area contributed by atoms with E-state index in [0.29, 0.717) is 11.5 Å². The Kier molecular flexibility index (Phi) is 3.73. The Morgan fingerprint density at radius 3 is 1.71 bits per heavy atom. The molecule has 0 aromatic rings. The van der Waals surface area contributed by atoms with Crippen molar-refractivity contribution < 1.29 is 23.8 Å². The van der Waals surface area contributed by atoms with E-state index in [0.717, 1.165) is 0 Å². The highest BCUT2D eigenvalue weighted by Crippen LogP contribution is 2.31. The lowest BCUT2D eigenvalue weighted by Crippen LogP contribution is -2.25. The van der Waals surface area contributed by atoms with Gasteiger partial charge in [0.1, 0.15) is 5.76 Å². The number of rotatable bonds is 5. The largest absolute Gasteiger partial charge is 0.451 e. The van der Waals surface area contributed by atoms with E-state index in [1.165, 1.54) is 13.8 Å². The molecule has 0 saturated carbocycles. The summed E-state index contributed by atoms with van der Waals surface area (Å²) in [5.74, 6) is -0.408. The smallest absolute Gasteiger partial charge is 0.336 e. The van der Waals surface area contributed by atoms with Crippen molar-refractivity contribution in [3.8, 4) is 0 Å². The molecule has 17 heavy (non-hydrogen) atoms. The van der Waals surface area contributed by atoms with Gasteiger partial charge in [-0.25, -0.2) is 9.59 Å². The zero-order valence-electron chi connectivity index (χ0n) is 10.0. The molecule has 5 heteroatoms. The van der Waals surface area contributed by atoms with Crippen molar-refractivity contribution in [3.05, 3.63) is 35.8 Å². The van der Waals surface area contributed by atoms with E-state index in [2.05, 4.69) is 13.2 Å². The molecule has 1 aliphatic heterocycles. The van der Waals surface area contributed by atoms with Gasteiger partial charge in [-0.15, -0.1) is 0 Å². The van der Waals surface area contributed by atoms with Gasteiger partial charge in [-0.3, -0.25) is 0 Å². The van der Waals surface area contributed by atoms with Crippen molar-refractivity contribution in [2.75, 3.05) is 0 Å². The molecule has 0 fully saturated rings. The molecule has 0 saturated heterocycles. The van der Waals surface area contributed by atoms with Gasteiger partial charge in [0.05, 0.1) is 0 Å². The van der Waals surface area contributed by atoms with Crippen LogP contribution >= 0.6 is 0 Å². The second kappa shape index (κ2) is 4.86. The van der Waals surface area contributed by atoms with Crippen LogP contribution < -0.4 is 0 Å². The molecule has 1 rings (SSSR count). The van der Waals surface area contributed by atoms with Gasteiger partial charge < -0.3 is 14.2 Å². The number of esters is 2. The molecule has 0 amide bonds. The molecule has 5 nitrogen and oxygen atoms in total. The first-order valence-electron chi connectivity index (χ1n) is 4.94. The minimum absolute atomic E-state index is 0.209. The Balaban J connectivity index is 2.69. The van der Waals surface area contributed by atoms with E-state index in [9.17, 15) is 9.59 Å². The number of ether oxygens (including phenoxy) is 3. The van der Waals surface area contributed by atoms with Crippen LogP contribution in [0.25, 0.3) is 0 Å². The van der Waals surface area contributed by atoms with Crippen molar-refractivity contribution in [1.82, 2.24) is 0 Å². The molecule has 0 bridgehead atoms. The van der Waals surface area contributed by atoms with Crippen LogP contribution in [0.3, 0.4) is 0 Å². The minimum atomic E-state index is -1.16. The van der Waals surface area contributed by atoms with Crippen LogP contribution in [0.2, 0.25) is 0 Å². The molecule has 1 heterocycles.